The van der Waals surface area contributed by atoms with Crippen molar-refractivity contribution >= 4 is 24.9 Å². The highest BCUT2D eigenvalue weighted by molar-refractivity contribution is 6.69. The minimum absolute atomic E-state index is 0.00838. The third-order valence-corrected chi connectivity index (χ3v) is 9.06. The van der Waals surface area contributed by atoms with E-state index < -0.39 is 25.6 Å². The number of carbonyl (C=O) groups is 1. The molecule has 0 radical (unpaired) electrons. The molecule has 5 rings (SSSR count). The average molecular weight is 515 g/mol. The molecule has 3 aliphatic rings. The van der Waals surface area contributed by atoms with Crippen LogP contribution in [-0.2, 0) is 25.1 Å². The van der Waals surface area contributed by atoms with Crippen molar-refractivity contribution in [2.45, 2.75) is 83.0 Å². The molecule has 196 valence electrons. The summed E-state index contributed by atoms with van der Waals surface area (Å²) < 4.78 is 31.4. The Morgan fingerprint density at radius 2 is 1.89 bits per heavy atom. The SMILES string of the molecule is COc1cccc2cc3c(c(O)c12)C(=O)[C@H]1C[C@@](O[Si](C)(C)C)([C@H](C)OC)[C@@H]2OC(C)(C)O[C@@H]2[C@@H]1C3. The zero-order valence-corrected chi connectivity index (χ0v) is 23.5. The number of aromatic hydroxyl groups is 1. The van der Waals surface area contributed by atoms with E-state index in [4.69, 9.17) is 23.4 Å². The molecule has 2 aromatic carbocycles. The molecule has 36 heavy (non-hydrogen) atoms. The Balaban J connectivity index is 1.69. The predicted molar refractivity (Wildman–Crippen MR) is 139 cm³/mol. The molecule has 1 saturated carbocycles. The molecule has 2 aromatic rings. The minimum Gasteiger partial charge on any atom is -0.506 e. The lowest BCUT2D eigenvalue weighted by Gasteiger charge is -2.54. The summed E-state index contributed by atoms with van der Waals surface area (Å²) in [5.41, 5.74) is 0.373. The molecule has 1 saturated heterocycles. The summed E-state index contributed by atoms with van der Waals surface area (Å²) in [5, 5.41) is 12.8. The number of ketones is 1. The maximum atomic E-state index is 14.2. The second-order valence-corrected chi connectivity index (χ2v) is 16.4. The Morgan fingerprint density at radius 1 is 1.17 bits per heavy atom. The van der Waals surface area contributed by atoms with Gasteiger partial charge in [0.2, 0.25) is 0 Å². The molecule has 6 atom stereocenters. The fraction of sp³-hybridized carbons (Fsp3) is 0.607. The zero-order chi connectivity index (χ0) is 26.2. The van der Waals surface area contributed by atoms with Crippen LogP contribution in [0.4, 0.5) is 0 Å². The Morgan fingerprint density at radius 3 is 2.53 bits per heavy atom. The molecule has 0 aromatic heterocycles. The first-order valence-corrected chi connectivity index (χ1v) is 16.2. The topological polar surface area (TPSA) is 83.5 Å². The van der Waals surface area contributed by atoms with Gasteiger partial charge < -0.3 is 28.5 Å². The van der Waals surface area contributed by atoms with Crippen molar-refractivity contribution < 1.29 is 33.3 Å². The van der Waals surface area contributed by atoms with Crippen LogP contribution in [0.3, 0.4) is 0 Å². The van der Waals surface area contributed by atoms with Gasteiger partial charge in [-0.05, 0) is 70.3 Å². The third-order valence-electron chi connectivity index (χ3n) is 8.07. The Labute approximate surface area is 214 Å². The number of hydrogen-bond acceptors (Lipinski definition) is 7. The summed E-state index contributed by atoms with van der Waals surface area (Å²) in [6.07, 6.45) is 0.0120. The van der Waals surface area contributed by atoms with Crippen molar-refractivity contribution in [1.82, 2.24) is 0 Å². The van der Waals surface area contributed by atoms with E-state index in [1.54, 1.807) is 20.3 Å². The van der Waals surface area contributed by atoms with Crippen LogP contribution in [0.25, 0.3) is 10.8 Å². The summed E-state index contributed by atoms with van der Waals surface area (Å²) in [5.74, 6) is -0.848. The van der Waals surface area contributed by atoms with Crippen LogP contribution in [-0.4, -0.2) is 63.1 Å². The summed E-state index contributed by atoms with van der Waals surface area (Å²) in [6, 6.07) is 7.63. The van der Waals surface area contributed by atoms with Crippen LogP contribution < -0.4 is 4.74 Å². The largest absolute Gasteiger partial charge is 0.506 e. The third kappa shape index (κ3) is 3.89. The Kier molecular flexibility index (Phi) is 6.08. The second kappa shape index (κ2) is 8.53. The fourth-order valence-corrected chi connectivity index (χ4v) is 8.22. The van der Waals surface area contributed by atoms with Gasteiger partial charge in [-0.15, -0.1) is 0 Å². The normalized spacial score (nSPS) is 32.1. The summed E-state index contributed by atoms with van der Waals surface area (Å²) in [4.78, 5) is 14.2. The van der Waals surface area contributed by atoms with Gasteiger partial charge in [0, 0.05) is 18.9 Å². The number of fused-ring (bicyclic) bond motifs is 5. The van der Waals surface area contributed by atoms with E-state index in [9.17, 15) is 9.90 Å². The smallest absolute Gasteiger partial charge is 0.184 e. The van der Waals surface area contributed by atoms with Crippen molar-refractivity contribution in [3.63, 3.8) is 0 Å². The highest BCUT2D eigenvalue weighted by Crippen LogP contribution is 2.55. The van der Waals surface area contributed by atoms with Crippen molar-refractivity contribution in [2.75, 3.05) is 14.2 Å². The van der Waals surface area contributed by atoms with Crippen LogP contribution in [0.5, 0.6) is 11.5 Å². The molecule has 8 heteroatoms. The quantitative estimate of drug-likeness (QED) is 0.558. The Hall–Kier alpha value is -1.97. The first-order chi connectivity index (χ1) is 16.8. The van der Waals surface area contributed by atoms with Gasteiger partial charge in [0.1, 0.15) is 23.2 Å². The van der Waals surface area contributed by atoms with Gasteiger partial charge >= 0.3 is 0 Å². The van der Waals surface area contributed by atoms with Gasteiger partial charge in [-0.25, -0.2) is 0 Å². The van der Waals surface area contributed by atoms with Gasteiger partial charge in [-0.1, -0.05) is 18.2 Å². The van der Waals surface area contributed by atoms with Crippen molar-refractivity contribution in [3.05, 3.63) is 35.4 Å². The molecule has 0 amide bonds. The molecule has 2 aliphatic carbocycles. The maximum Gasteiger partial charge on any atom is 0.184 e. The van der Waals surface area contributed by atoms with Gasteiger partial charge in [0.15, 0.2) is 19.9 Å². The minimum atomic E-state index is -2.10. The van der Waals surface area contributed by atoms with Crippen LogP contribution >= 0.6 is 0 Å². The van der Waals surface area contributed by atoms with Gasteiger partial charge in [-0.3, -0.25) is 4.79 Å². The van der Waals surface area contributed by atoms with Crippen LogP contribution in [0.2, 0.25) is 19.6 Å². The number of carbonyl (C=O) groups excluding carboxylic acids is 1. The molecular formula is C28H38O7Si. The van der Waals surface area contributed by atoms with E-state index in [1.165, 1.54) is 0 Å². The molecule has 1 N–H and O–H groups in total. The lowest BCUT2D eigenvalue weighted by Crippen LogP contribution is -2.67. The molecule has 2 fully saturated rings. The monoisotopic (exact) mass is 514 g/mol. The lowest BCUT2D eigenvalue weighted by atomic mass is 9.60. The van der Waals surface area contributed by atoms with Crippen molar-refractivity contribution in [2.24, 2.45) is 11.8 Å². The molecule has 1 aliphatic heterocycles. The van der Waals surface area contributed by atoms with E-state index in [0.29, 0.717) is 29.5 Å². The van der Waals surface area contributed by atoms with Crippen molar-refractivity contribution in [1.29, 1.82) is 0 Å². The highest BCUT2D eigenvalue weighted by Gasteiger charge is 2.66. The molecule has 0 unspecified atom stereocenters. The number of hydrogen-bond donors (Lipinski definition) is 1. The zero-order valence-electron chi connectivity index (χ0n) is 22.5. The number of methoxy groups -OCH3 is 2. The summed E-state index contributed by atoms with van der Waals surface area (Å²) in [6.45, 7) is 12.2. The van der Waals surface area contributed by atoms with Crippen LogP contribution in [0, 0.1) is 11.8 Å². The van der Waals surface area contributed by atoms with E-state index in [2.05, 4.69) is 19.6 Å². The summed E-state index contributed by atoms with van der Waals surface area (Å²) >= 11 is 0. The number of phenolic OH excluding ortho intramolecular Hbond substituents is 1. The first-order valence-electron chi connectivity index (χ1n) is 12.8. The van der Waals surface area contributed by atoms with E-state index in [1.807, 2.05) is 39.0 Å². The van der Waals surface area contributed by atoms with Gasteiger partial charge in [-0.2, -0.15) is 0 Å². The number of rotatable bonds is 5. The van der Waals surface area contributed by atoms with E-state index in [0.717, 1.165) is 10.9 Å². The molecule has 0 bridgehead atoms. The molecular weight excluding hydrogens is 476 g/mol. The number of phenols is 1. The molecule has 7 nitrogen and oxygen atoms in total. The highest BCUT2D eigenvalue weighted by atomic mass is 28.4. The first kappa shape index (κ1) is 25.7. The van der Waals surface area contributed by atoms with Crippen LogP contribution in [0.15, 0.2) is 24.3 Å². The maximum absolute atomic E-state index is 14.2. The standard InChI is InChI=1S/C28H38O7Si/c1-15(31-4)28(35-36(6,7)8)14-19-18(25-26(28)34-27(2,3)33-25)13-17-12-16-10-9-11-20(32-5)21(16)24(30)22(17)23(19)29/h9-12,15,18-19,25-26,30H,13-14H2,1-8H3/t15-,18+,19-,25+,26+,28+/m0/s1. The number of benzene rings is 2. The predicted octanol–water partition coefficient (Wildman–Crippen LogP) is 5.07. The van der Waals surface area contributed by atoms with E-state index in [-0.39, 0.29) is 35.8 Å². The molecule has 0 spiro atoms. The lowest BCUT2D eigenvalue weighted by molar-refractivity contribution is -0.197. The van der Waals surface area contributed by atoms with E-state index >= 15 is 0 Å². The van der Waals surface area contributed by atoms with Gasteiger partial charge in [0.25, 0.3) is 0 Å². The molecule has 1 heterocycles. The average Bonchev–Trinajstić information content (AvgIpc) is 3.14. The summed E-state index contributed by atoms with van der Waals surface area (Å²) in [7, 11) is 1.14. The van der Waals surface area contributed by atoms with Crippen LogP contribution in [0.1, 0.15) is 43.1 Å². The van der Waals surface area contributed by atoms with Crippen molar-refractivity contribution in [3.8, 4) is 11.5 Å². The fourth-order valence-electron chi connectivity index (χ4n) is 6.72. The number of Topliss-reactive ketones (excluding diaryl/α,β-unsaturated/α-hetero) is 1. The van der Waals surface area contributed by atoms with Gasteiger partial charge in [0.05, 0.1) is 30.3 Å². The Bertz CT molecular complexity index is 1200. The second-order valence-electron chi connectivity index (χ2n) is 11.9. The number of ether oxygens (including phenoxy) is 4.